The Labute approximate surface area is 103 Å². The number of nitrogens with zero attached hydrogens (tertiary/aromatic N) is 2. The van der Waals surface area contributed by atoms with Gasteiger partial charge in [0.2, 0.25) is 5.88 Å². The van der Waals surface area contributed by atoms with Crippen molar-refractivity contribution in [2.24, 2.45) is 0 Å². The standard InChI is InChI=1S/C12H11N3O3/c1-18-12-7-9(6-11(13)14-12)8-3-2-4-10(5-8)15(16)17/h2-7H,1H3,(H2,13,14). The Hall–Kier alpha value is -2.63. The zero-order valence-corrected chi connectivity index (χ0v) is 9.66. The molecule has 0 amide bonds. The van der Waals surface area contributed by atoms with Crippen LogP contribution in [0.2, 0.25) is 0 Å². The summed E-state index contributed by atoms with van der Waals surface area (Å²) in [5.41, 5.74) is 7.09. The number of nitrogen functional groups attached to an aromatic ring is 1. The second-order valence-corrected chi connectivity index (χ2v) is 3.63. The van der Waals surface area contributed by atoms with Gasteiger partial charge in [-0.3, -0.25) is 10.1 Å². The Kier molecular flexibility index (Phi) is 3.09. The third-order valence-electron chi connectivity index (χ3n) is 2.42. The molecule has 0 bridgehead atoms. The Balaban J connectivity index is 2.51. The third kappa shape index (κ3) is 2.37. The van der Waals surface area contributed by atoms with E-state index >= 15 is 0 Å². The average molecular weight is 245 g/mol. The van der Waals surface area contributed by atoms with Crippen LogP contribution in [0.3, 0.4) is 0 Å². The Morgan fingerprint density at radius 2 is 2.06 bits per heavy atom. The molecule has 1 aromatic carbocycles. The summed E-state index contributed by atoms with van der Waals surface area (Å²) in [6.07, 6.45) is 0. The van der Waals surface area contributed by atoms with Crippen LogP contribution in [0.4, 0.5) is 11.5 Å². The highest BCUT2D eigenvalue weighted by molar-refractivity contribution is 5.69. The lowest BCUT2D eigenvalue weighted by Gasteiger charge is -2.05. The molecule has 6 heteroatoms. The average Bonchev–Trinajstić information content (AvgIpc) is 2.38. The van der Waals surface area contributed by atoms with Crippen molar-refractivity contribution >= 4 is 11.5 Å². The second kappa shape index (κ2) is 4.70. The van der Waals surface area contributed by atoms with Crippen LogP contribution in [0.5, 0.6) is 5.88 Å². The lowest BCUT2D eigenvalue weighted by molar-refractivity contribution is -0.384. The van der Waals surface area contributed by atoms with Gasteiger partial charge in [0.1, 0.15) is 5.82 Å². The summed E-state index contributed by atoms with van der Waals surface area (Å²) in [6.45, 7) is 0. The minimum atomic E-state index is -0.439. The summed E-state index contributed by atoms with van der Waals surface area (Å²) in [6, 6.07) is 9.62. The van der Waals surface area contributed by atoms with Gasteiger partial charge in [0.25, 0.3) is 5.69 Å². The van der Waals surface area contributed by atoms with Crippen LogP contribution in [0, 0.1) is 10.1 Å². The van der Waals surface area contributed by atoms with Crippen LogP contribution in [-0.4, -0.2) is 17.0 Å². The molecule has 0 atom stereocenters. The van der Waals surface area contributed by atoms with E-state index in [1.807, 2.05) is 0 Å². The van der Waals surface area contributed by atoms with Gasteiger partial charge >= 0.3 is 0 Å². The molecule has 18 heavy (non-hydrogen) atoms. The van der Waals surface area contributed by atoms with Gasteiger partial charge in [0.15, 0.2) is 0 Å². The van der Waals surface area contributed by atoms with Crippen LogP contribution < -0.4 is 10.5 Å². The maximum absolute atomic E-state index is 10.7. The smallest absolute Gasteiger partial charge is 0.270 e. The number of aromatic nitrogens is 1. The number of non-ortho nitro benzene ring substituents is 1. The molecule has 1 heterocycles. The number of ether oxygens (including phenoxy) is 1. The van der Waals surface area contributed by atoms with Gasteiger partial charge in [0.05, 0.1) is 12.0 Å². The molecule has 6 nitrogen and oxygen atoms in total. The van der Waals surface area contributed by atoms with Crippen molar-refractivity contribution < 1.29 is 9.66 Å². The SMILES string of the molecule is COc1cc(-c2cccc([N+](=O)[O-])c2)cc(N)n1. The monoisotopic (exact) mass is 245 g/mol. The van der Waals surface area contributed by atoms with Gasteiger partial charge in [-0.1, -0.05) is 12.1 Å². The molecule has 0 aliphatic carbocycles. The summed E-state index contributed by atoms with van der Waals surface area (Å²) >= 11 is 0. The van der Waals surface area contributed by atoms with Crippen molar-refractivity contribution in [3.8, 4) is 17.0 Å². The van der Waals surface area contributed by atoms with E-state index in [0.717, 1.165) is 5.56 Å². The molecule has 92 valence electrons. The van der Waals surface area contributed by atoms with Crippen molar-refractivity contribution in [2.75, 3.05) is 12.8 Å². The number of nitrogens with two attached hydrogens (primary N) is 1. The molecular formula is C12H11N3O3. The van der Waals surface area contributed by atoms with Crippen LogP contribution in [0.1, 0.15) is 0 Å². The van der Waals surface area contributed by atoms with E-state index in [2.05, 4.69) is 4.98 Å². The summed E-state index contributed by atoms with van der Waals surface area (Å²) in [4.78, 5) is 14.2. The van der Waals surface area contributed by atoms with E-state index in [1.165, 1.54) is 19.2 Å². The zero-order valence-electron chi connectivity index (χ0n) is 9.66. The quantitative estimate of drug-likeness (QED) is 0.661. The van der Waals surface area contributed by atoms with E-state index in [4.69, 9.17) is 10.5 Å². The molecular weight excluding hydrogens is 234 g/mol. The summed E-state index contributed by atoms with van der Waals surface area (Å²) in [5.74, 6) is 0.673. The van der Waals surface area contributed by atoms with Gasteiger partial charge < -0.3 is 10.5 Å². The van der Waals surface area contributed by atoms with Crippen molar-refractivity contribution in [1.82, 2.24) is 4.98 Å². The molecule has 0 aliphatic heterocycles. The summed E-state index contributed by atoms with van der Waals surface area (Å²) in [5, 5.41) is 10.7. The Morgan fingerprint density at radius 1 is 1.28 bits per heavy atom. The lowest BCUT2D eigenvalue weighted by Crippen LogP contribution is -1.95. The molecule has 0 unspecified atom stereocenters. The second-order valence-electron chi connectivity index (χ2n) is 3.63. The normalized spacial score (nSPS) is 10.1. The minimum Gasteiger partial charge on any atom is -0.481 e. The van der Waals surface area contributed by atoms with Gasteiger partial charge in [-0.05, 0) is 17.2 Å². The van der Waals surface area contributed by atoms with Crippen molar-refractivity contribution in [3.05, 3.63) is 46.5 Å². The largest absolute Gasteiger partial charge is 0.481 e. The highest BCUT2D eigenvalue weighted by Gasteiger charge is 2.09. The lowest BCUT2D eigenvalue weighted by atomic mass is 10.1. The highest BCUT2D eigenvalue weighted by atomic mass is 16.6. The number of hydrogen-bond acceptors (Lipinski definition) is 5. The number of methoxy groups -OCH3 is 1. The predicted octanol–water partition coefficient (Wildman–Crippen LogP) is 2.25. The first-order chi connectivity index (χ1) is 8.60. The van der Waals surface area contributed by atoms with Crippen molar-refractivity contribution in [1.29, 1.82) is 0 Å². The maximum atomic E-state index is 10.7. The highest BCUT2D eigenvalue weighted by Crippen LogP contribution is 2.27. The Bertz CT molecular complexity index is 599. The van der Waals surface area contributed by atoms with E-state index < -0.39 is 4.92 Å². The van der Waals surface area contributed by atoms with E-state index in [9.17, 15) is 10.1 Å². The van der Waals surface area contributed by atoms with Crippen LogP contribution in [0.25, 0.3) is 11.1 Å². The molecule has 1 aromatic heterocycles. The minimum absolute atomic E-state index is 0.0295. The number of nitro groups is 1. The van der Waals surface area contributed by atoms with Gasteiger partial charge in [-0.15, -0.1) is 0 Å². The zero-order chi connectivity index (χ0) is 13.1. The van der Waals surface area contributed by atoms with E-state index in [-0.39, 0.29) is 5.69 Å². The third-order valence-corrected chi connectivity index (χ3v) is 2.42. The van der Waals surface area contributed by atoms with Crippen molar-refractivity contribution in [3.63, 3.8) is 0 Å². The molecule has 0 spiro atoms. The molecule has 2 aromatic rings. The van der Waals surface area contributed by atoms with Gasteiger partial charge in [-0.2, -0.15) is 4.98 Å². The number of anilines is 1. The molecule has 2 N–H and O–H groups in total. The number of rotatable bonds is 3. The van der Waals surface area contributed by atoms with Gasteiger partial charge in [-0.25, -0.2) is 0 Å². The molecule has 0 radical (unpaired) electrons. The first kappa shape index (κ1) is 11.8. The first-order valence-corrected chi connectivity index (χ1v) is 5.16. The molecule has 2 rings (SSSR count). The predicted molar refractivity (Wildman–Crippen MR) is 67.3 cm³/mol. The van der Waals surface area contributed by atoms with Crippen LogP contribution >= 0.6 is 0 Å². The number of benzene rings is 1. The molecule has 0 fully saturated rings. The summed E-state index contributed by atoms with van der Waals surface area (Å²) < 4.78 is 5.01. The van der Waals surface area contributed by atoms with Crippen LogP contribution in [0.15, 0.2) is 36.4 Å². The van der Waals surface area contributed by atoms with E-state index in [0.29, 0.717) is 17.3 Å². The van der Waals surface area contributed by atoms with Crippen LogP contribution in [-0.2, 0) is 0 Å². The molecule has 0 aliphatic rings. The number of hydrogen-bond donors (Lipinski definition) is 1. The summed E-state index contributed by atoms with van der Waals surface area (Å²) in [7, 11) is 1.49. The first-order valence-electron chi connectivity index (χ1n) is 5.16. The fourth-order valence-corrected chi connectivity index (χ4v) is 1.60. The van der Waals surface area contributed by atoms with Gasteiger partial charge in [0, 0.05) is 18.2 Å². The fraction of sp³-hybridized carbons (Fsp3) is 0.0833. The molecule has 0 saturated carbocycles. The van der Waals surface area contributed by atoms with E-state index in [1.54, 1.807) is 24.3 Å². The van der Waals surface area contributed by atoms with Crippen molar-refractivity contribution in [2.45, 2.75) is 0 Å². The number of nitro benzene ring substituents is 1. The number of pyridine rings is 1. The fourth-order valence-electron chi connectivity index (χ4n) is 1.60. The molecule has 0 saturated heterocycles. The maximum Gasteiger partial charge on any atom is 0.270 e. The Morgan fingerprint density at radius 3 is 2.72 bits per heavy atom. The topological polar surface area (TPSA) is 91.3 Å².